The molecule has 1 saturated carbocycles. The molecule has 2 aromatic carbocycles. The van der Waals surface area contributed by atoms with Gasteiger partial charge in [-0.25, -0.2) is 0 Å². The van der Waals surface area contributed by atoms with Gasteiger partial charge in [-0.2, -0.15) is 0 Å². The van der Waals surface area contributed by atoms with Gasteiger partial charge < -0.3 is 19.3 Å². The number of methoxy groups -OCH3 is 2. The van der Waals surface area contributed by atoms with E-state index in [1.165, 1.54) is 46.3 Å². The largest absolute Gasteiger partial charge is 0.507 e. The molecule has 0 aliphatic heterocycles. The monoisotopic (exact) mass is 482 g/mol. The number of phenolic OH excluding ortho intramolecular Hbond substituents is 1. The third-order valence-corrected chi connectivity index (χ3v) is 6.74. The minimum absolute atomic E-state index is 0.191. The van der Waals surface area contributed by atoms with Crippen LogP contribution in [0.5, 0.6) is 11.5 Å². The molecule has 1 N–H and O–H groups in total. The Morgan fingerprint density at radius 3 is 2.00 bits per heavy atom. The number of carbonyl (C=O) groups is 2. The Labute approximate surface area is 208 Å². The van der Waals surface area contributed by atoms with Crippen LogP contribution in [0, 0.1) is 5.92 Å². The number of esters is 2. The van der Waals surface area contributed by atoms with Gasteiger partial charge in [0.15, 0.2) is 0 Å². The highest BCUT2D eigenvalue weighted by Crippen LogP contribution is 2.38. The Bertz CT molecular complexity index is 977. The van der Waals surface area contributed by atoms with Crippen molar-refractivity contribution in [3.8, 4) is 22.6 Å². The number of benzene rings is 2. The second-order valence-corrected chi connectivity index (χ2v) is 9.36. The van der Waals surface area contributed by atoms with Crippen molar-refractivity contribution >= 4 is 11.9 Å². The molecule has 0 radical (unpaired) electrons. The summed E-state index contributed by atoms with van der Waals surface area (Å²) in [5.74, 6) is 1.08. The third kappa shape index (κ3) is 8.30. The van der Waals surface area contributed by atoms with Gasteiger partial charge in [-0.15, -0.1) is 0 Å². The van der Waals surface area contributed by atoms with Gasteiger partial charge in [0.05, 0.1) is 20.8 Å². The van der Waals surface area contributed by atoms with E-state index in [4.69, 9.17) is 14.2 Å². The van der Waals surface area contributed by atoms with Crippen molar-refractivity contribution in [3.05, 3.63) is 47.5 Å². The quantitative estimate of drug-likeness (QED) is 0.373. The molecule has 0 bridgehead atoms. The van der Waals surface area contributed by atoms with Crippen LogP contribution in [-0.4, -0.2) is 37.9 Å². The number of phenols is 1. The lowest BCUT2D eigenvalue weighted by Gasteiger charge is -2.23. The SMILES string of the molecule is COC(=O)CCCc1ccc(O)c(-c2cc(CCCC(=O)OC)ccc2OCC2CCCCC2)c1. The van der Waals surface area contributed by atoms with Gasteiger partial charge in [0, 0.05) is 24.0 Å². The molecule has 0 atom stereocenters. The lowest BCUT2D eigenvalue weighted by atomic mass is 9.90. The molecule has 0 unspecified atom stereocenters. The predicted octanol–water partition coefficient (Wildman–Crippen LogP) is 6.01. The summed E-state index contributed by atoms with van der Waals surface area (Å²) < 4.78 is 15.8. The molecular weight excluding hydrogens is 444 g/mol. The Kier molecular flexibility index (Phi) is 10.5. The van der Waals surface area contributed by atoms with E-state index in [2.05, 4.69) is 6.07 Å². The van der Waals surface area contributed by atoms with Gasteiger partial charge >= 0.3 is 11.9 Å². The van der Waals surface area contributed by atoms with Gasteiger partial charge in [-0.3, -0.25) is 9.59 Å². The van der Waals surface area contributed by atoms with Crippen LogP contribution in [0.4, 0.5) is 0 Å². The van der Waals surface area contributed by atoms with Crippen molar-refractivity contribution in [2.75, 3.05) is 20.8 Å². The number of carbonyl (C=O) groups excluding carboxylic acids is 2. The molecule has 3 rings (SSSR count). The number of hydrogen-bond acceptors (Lipinski definition) is 6. The first-order valence-corrected chi connectivity index (χ1v) is 12.7. The van der Waals surface area contributed by atoms with Crippen LogP contribution < -0.4 is 4.74 Å². The molecule has 190 valence electrons. The molecule has 1 fully saturated rings. The zero-order chi connectivity index (χ0) is 25.0. The maximum Gasteiger partial charge on any atom is 0.305 e. The van der Waals surface area contributed by atoms with Crippen molar-refractivity contribution < 1.29 is 28.9 Å². The summed E-state index contributed by atoms with van der Waals surface area (Å²) in [6, 6.07) is 11.6. The average molecular weight is 483 g/mol. The number of ether oxygens (including phenoxy) is 3. The van der Waals surface area contributed by atoms with Crippen LogP contribution in [0.15, 0.2) is 36.4 Å². The van der Waals surface area contributed by atoms with E-state index < -0.39 is 0 Å². The first-order valence-electron chi connectivity index (χ1n) is 12.7. The van der Waals surface area contributed by atoms with Crippen molar-refractivity contribution in [1.82, 2.24) is 0 Å². The zero-order valence-electron chi connectivity index (χ0n) is 21.0. The van der Waals surface area contributed by atoms with E-state index in [1.54, 1.807) is 6.07 Å². The van der Waals surface area contributed by atoms with Gasteiger partial charge in [0.1, 0.15) is 11.5 Å². The highest BCUT2D eigenvalue weighted by atomic mass is 16.5. The Hall–Kier alpha value is -3.02. The fourth-order valence-corrected chi connectivity index (χ4v) is 4.66. The maximum absolute atomic E-state index is 11.5. The molecule has 0 spiro atoms. The minimum Gasteiger partial charge on any atom is -0.507 e. The van der Waals surface area contributed by atoms with Gasteiger partial charge in [-0.1, -0.05) is 31.4 Å². The van der Waals surface area contributed by atoms with E-state index in [9.17, 15) is 14.7 Å². The summed E-state index contributed by atoms with van der Waals surface area (Å²) in [6.45, 7) is 0.675. The van der Waals surface area contributed by atoms with E-state index in [-0.39, 0.29) is 17.7 Å². The summed E-state index contributed by atoms with van der Waals surface area (Å²) in [4.78, 5) is 23.0. The molecule has 35 heavy (non-hydrogen) atoms. The highest BCUT2D eigenvalue weighted by molar-refractivity contribution is 5.77. The second-order valence-electron chi connectivity index (χ2n) is 9.36. The number of rotatable bonds is 12. The number of hydrogen-bond donors (Lipinski definition) is 1. The second kappa shape index (κ2) is 13.8. The van der Waals surface area contributed by atoms with E-state index in [1.807, 2.05) is 24.3 Å². The Balaban J connectivity index is 1.82. The normalized spacial score (nSPS) is 13.9. The molecule has 6 heteroatoms. The van der Waals surface area contributed by atoms with Gasteiger partial charge in [0.25, 0.3) is 0 Å². The van der Waals surface area contributed by atoms with Crippen molar-refractivity contribution in [2.24, 2.45) is 5.92 Å². The van der Waals surface area contributed by atoms with E-state index in [0.29, 0.717) is 50.2 Å². The summed E-state index contributed by atoms with van der Waals surface area (Å²) >= 11 is 0. The summed E-state index contributed by atoms with van der Waals surface area (Å²) in [7, 11) is 2.80. The standard InChI is InChI=1S/C29H38O6/c1-33-28(31)12-6-10-21-14-16-26(30)24(18-21)25-19-22(11-7-13-29(32)34-2)15-17-27(25)35-20-23-8-4-3-5-9-23/h14-19,23,30H,3-13,20H2,1-2H3. The van der Waals surface area contributed by atoms with Crippen LogP contribution in [0.3, 0.4) is 0 Å². The molecule has 0 amide bonds. The molecule has 0 heterocycles. The van der Waals surface area contributed by atoms with Crippen molar-refractivity contribution in [1.29, 1.82) is 0 Å². The zero-order valence-corrected chi connectivity index (χ0v) is 21.0. The first kappa shape index (κ1) is 26.6. The van der Waals surface area contributed by atoms with Crippen LogP contribution in [0.1, 0.15) is 68.9 Å². The minimum atomic E-state index is -0.220. The lowest BCUT2D eigenvalue weighted by molar-refractivity contribution is -0.141. The van der Waals surface area contributed by atoms with Crippen molar-refractivity contribution in [2.45, 2.75) is 70.6 Å². The molecule has 0 aromatic heterocycles. The van der Waals surface area contributed by atoms with Crippen molar-refractivity contribution in [3.63, 3.8) is 0 Å². The van der Waals surface area contributed by atoms with Crippen LogP contribution in [0.25, 0.3) is 11.1 Å². The molecule has 1 aliphatic carbocycles. The Morgan fingerprint density at radius 2 is 1.40 bits per heavy atom. The third-order valence-electron chi connectivity index (χ3n) is 6.74. The number of aryl methyl sites for hydroxylation is 2. The summed E-state index contributed by atoms with van der Waals surface area (Å²) in [5, 5.41) is 10.8. The summed E-state index contributed by atoms with van der Waals surface area (Å²) in [6.07, 6.45) is 9.74. The number of aromatic hydroxyl groups is 1. The van der Waals surface area contributed by atoms with Gasteiger partial charge in [-0.05, 0) is 79.8 Å². The first-order chi connectivity index (χ1) is 17.0. The lowest BCUT2D eigenvalue weighted by Crippen LogP contribution is -2.15. The maximum atomic E-state index is 11.5. The van der Waals surface area contributed by atoms with Crippen LogP contribution in [0.2, 0.25) is 0 Å². The van der Waals surface area contributed by atoms with E-state index in [0.717, 1.165) is 28.9 Å². The molecule has 6 nitrogen and oxygen atoms in total. The summed E-state index contributed by atoms with van der Waals surface area (Å²) in [5.41, 5.74) is 3.68. The molecule has 2 aromatic rings. The average Bonchev–Trinajstić information content (AvgIpc) is 2.89. The topological polar surface area (TPSA) is 82.1 Å². The van der Waals surface area contributed by atoms with Gasteiger partial charge in [0.2, 0.25) is 0 Å². The smallest absolute Gasteiger partial charge is 0.305 e. The molecule has 1 aliphatic rings. The van der Waals surface area contributed by atoms with Crippen LogP contribution in [-0.2, 0) is 31.9 Å². The fourth-order valence-electron chi connectivity index (χ4n) is 4.66. The molecular formula is C29H38O6. The molecule has 0 saturated heterocycles. The van der Waals surface area contributed by atoms with Crippen LogP contribution >= 0.6 is 0 Å². The highest BCUT2D eigenvalue weighted by Gasteiger charge is 2.17. The predicted molar refractivity (Wildman–Crippen MR) is 136 cm³/mol. The Morgan fingerprint density at radius 1 is 0.829 bits per heavy atom. The fraction of sp³-hybridized carbons (Fsp3) is 0.517. The van der Waals surface area contributed by atoms with E-state index >= 15 is 0 Å².